The lowest BCUT2D eigenvalue weighted by molar-refractivity contribution is 0.102. The number of nitrogens with one attached hydrogen (secondary N) is 1. The zero-order valence-corrected chi connectivity index (χ0v) is 14.4. The van der Waals surface area contributed by atoms with Crippen molar-refractivity contribution in [1.29, 1.82) is 0 Å². The summed E-state index contributed by atoms with van der Waals surface area (Å²) >= 11 is 0. The minimum atomic E-state index is -3.49. The fourth-order valence-electron chi connectivity index (χ4n) is 2.24. The van der Waals surface area contributed by atoms with Crippen LogP contribution in [0.1, 0.15) is 21.5 Å². The van der Waals surface area contributed by atoms with Crippen LogP contribution in [0, 0.1) is 13.8 Å². The lowest BCUT2D eigenvalue weighted by atomic mass is 10.1. The Labute approximate surface area is 137 Å². The highest BCUT2D eigenvalue weighted by Gasteiger charge is 2.17. The van der Waals surface area contributed by atoms with Crippen molar-refractivity contribution in [2.24, 2.45) is 0 Å². The first-order chi connectivity index (χ1) is 10.7. The summed E-state index contributed by atoms with van der Waals surface area (Å²) in [6, 6.07) is 11.7. The summed E-state index contributed by atoms with van der Waals surface area (Å²) < 4.78 is 25.1. The van der Waals surface area contributed by atoms with Gasteiger partial charge in [-0.15, -0.1) is 0 Å². The molecule has 0 aliphatic heterocycles. The summed E-state index contributed by atoms with van der Waals surface area (Å²) in [6.45, 7) is 3.92. The van der Waals surface area contributed by atoms with Gasteiger partial charge >= 0.3 is 0 Å². The van der Waals surface area contributed by atoms with Crippen molar-refractivity contribution in [2.45, 2.75) is 18.7 Å². The molecular formula is C17H20N2O3S. The smallest absolute Gasteiger partial charge is 0.255 e. The number of sulfonamides is 1. The highest BCUT2D eigenvalue weighted by molar-refractivity contribution is 7.89. The fraction of sp³-hybridized carbons (Fsp3) is 0.235. The molecular weight excluding hydrogens is 312 g/mol. The van der Waals surface area contributed by atoms with Gasteiger partial charge in [0, 0.05) is 25.3 Å². The predicted molar refractivity (Wildman–Crippen MR) is 91.2 cm³/mol. The monoisotopic (exact) mass is 332 g/mol. The number of nitrogens with zero attached hydrogens (tertiary/aromatic N) is 1. The SMILES string of the molecule is Cc1cc(C)cc(NC(=O)c2ccc(S(=O)(=O)N(C)C)cc2)c1. The van der Waals surface area contributed by atoms with Gasteiger partial charge in [0.15, 0.2) is 0 Å². The first-order valence-corrected chi connectivity index (χ1v) is 8.56. The Hall–Kier alpha value is -2.18. The van der Waals surface area contributed by atoms with E-state index in [4.69, 9.17) is 0 Å². The van der Waals surface area contributed by atoms with Gasteiger partial charge in [-0.3, -0.25) is 4.79 Å². The minimum absolute atomic E-state index is 0.158. The van der Waals surface area contributed by atoms with Crippen LogP contribution in [-0.2, 0) is 10.0 Å². The number of amides is 1. The summed E-state index contributed by atoms with van der Waals surface area (Å²) in [5, 5.41) is 2.82. The molecule has 0 saturated heterocycles. The zero-order valence-electron chi connectivity index (χ0n) is 13.6. The molecule has 0 aliphatic carbocycles. The number of aryl methyl sites for hydroxylation is 2. The molecule has 0 radical (unpaired) electrons. The largest absolute Gasteiger partial charge is 0.322 e. The second-order valence-electron chi connectivity index (χ2n) is 5.64. The van der Waals surface area contributed by atoms with E-state index < -0.39 is 10.0 Å². The van der Waals surface area contributed by atoms with Gasteiger partial charge in [0.25, 0.3) is 5.91 Å². The Morgan fingerprint density at radius 1 is 0.957 bits per heavy atom. The number of carbonyl (C=O) groups excluding carboxylic acids is 1. The topological polar surface area (TPSA) is 66.5 Å². The Balaban J connectivity index is 2.21. The molecule has 2 aromatic rings. The molecule has 0 fully saturated rings. The molecule has 0 heterocycles. The molecule has 0 aromatic heterocycles. The molecule has 23 heavy (non-hydrogen) atoms. The number of anilines is 1. The van der Waals surface area contributed by atoms with Gasteiger partial charge in [0.1, 0.15) is 0 Å². The van der Waals surface area contributed by atoms with Crippen molar-refractivity contribution in [3.63, 3.8) is 0 Å². The Bertz CT molecular complexity index is 805. The Morgan fingerprint density at radius 2 is 1.48 bits per heavy atom. The minimum Gasteiger partial charge on any atom is -0.322 e. The van der Waals surface area contributed by atoms with Crippen molar-refractivity contribution in [3.05, 3.63) is 59.2 Å². The zero-order chi connectivity index (χ0) is 17.2. The summed E-state index contributed by atoms with van der Waals surface area (Å²) in [7, 11) is -0.551. The highest BCUT2D eigenvalue weighted by Crippen LogP contribution is 2.17. The first kappa shape index (κ1) is 17.2. The van der Waals surface area contributed by atoms with E-state index in [1.165, 1.54) is 38.4 Å². The summed E-state index contributed by atoms with van der Waals surface area (Å²) in [6.07, 6.45) is 0. The fourth-order valence-corrected chi connectivity index (χ4v) is 3.14. The first-order valence-electron chi connectivity index (χ1n) is 7.12. The van der Waals surface area contributed by atoms with E-state index in [2.05, 4.69) is 5.32 Å². The van der Waals surface area contributed by atoms with Crippen LogP contribution in [0.15, 0.2) is 47.4 Å². The molecule has 2 rings (SSSR count). The number of hydrogen-bond acceptors (Lipinski definition) is 3. The van der Waals surface area contributed by atoms with E-state index in [0.717, 1.165) is 21.1 Å². The van der Waals surface area contributed by atoms with Crippen molar-refractivity contribution in [1.82, 2.24) is 4.31 Å². The molecule has 0 bridgehead atoms. The summed E-state index contributed by atoms with van der Waals surface area (Å²) in [5.41, 5.74) is 3.25. The van der Waals surface area contributed by atoms with E-state index in [1.54, 1.807) is 0 Å². The van der Waals surface area contributed by atoms with Gasteiger partial charge in [-0.2, -0.15) is 0 Å². The van der Waals surface area contributed by atoms with Crippen LogP contribution in [0.4, 0.5) is 5.69 Å². The molecule has 5 nitrogen and oxygen atoms in total. The van der Waals surface area contributed by atoms with E-state index >= 15 is 0 Å². The lowest BCUT2D eigenvalue weighted by Gasteiger charge is -2.12. The second-order valence-corrected chi connectivity index (χ2v) is 7.79. The maximum atomic E-state index is 12.3. The summed E-state index contributed by atoms with van der Waals surface area (Å²) in [4.78, 5) is 12.4. The quantitative estimate of drug-likeness (QED) is 0.936. The number of carbonyl (C=O) groups is 1. The van der Waals surface area contributed by atoms with Crippen molar-refractivity contribution >= 4 is 21.6 Å². The Kier molecular flexibility index (Phi) is 4.87. The average molecular weight is 332 g/mol. The second kappa shape index (κ2) is 6.52. The molecule has 2 aromatic carbocycles. The van der Waals surface area contributed by atoms with Crippen LogP contribution in [0.2, 0.25) is 0 Å². The van der Waals surface area contributed by atoms with Crippen LogP contribution < -0.4 is 5.32 Å². The van der Waals surface area contributed by atoms with Crippen LogP contribution in [0.3, 0.4) is 0 Å². The molecule has 1 amide bonds. The van der Waals surface area contributed by atoms with Gasteiger partial charge in [-0.1, -0.05) is 6.07 Å². The lowest BCUT2D eigenvalue weighted by Crippen LogP contribution is -2.22. The normalized spacial score (nSPS) is 11.5. The van der Waals surface area contributed by atoms with Gasteiger partial charge < -0.3 is 5.32 Å². The maximum Gasteiger partial charge on any atom is 0.255 e. The van der Waals surface area contributed by atoms with E-state index in [9.17, 15) is 13.2 Å². The van der Waals surface area contributed by atoms with Crippen molar-refractivity contribution < 1.29 is 13.2 Å². The third kappa shape index (κ3) is 3.97. The molecule has 122 valence electrons. The number of benzene rings is 2. The maximum absolute atomic E-state index is 12.3. The number of hydrogen-bond donors (Lipinski definition) is 1. The standard InChI is InChI=1S/C17H20N2O3S/c1-12-9-13(2)11-15(10-12)18-17(20)14-5-7-16(8-6-14)23(21,22)19(3)4/h5-11H,1-4H3,(H,18,20). The third-order valence-electron chi connectivity index (χ3n) is 3.37. The van der Waals surface area contributed by atoms with Crippen LogP contribution in [-0.4, -0.2) is 32.7 Å². The van der Waals surface area contributed by atoms with Gasteiger partial charge in [-0.05, 0) is 61.4 Å². The molecule has 0 aliphatic rings. The van der Waals surface area contributed by atoms with E-state index in [0.29, 0.717) is 5.56 Å². The summed E-state index contributed by atoms with van der Waals surface area (Å²) in [5.74, 6) is -0.274. The average Bonchev–Trinajstić information content (AvgIpc) is 2.46. The Morgan fingerprint density at radius 3 is 1.96 bits per heavy atom. The van der Waals surface area contributed by atoms with E-state index in [-0.39, 0.29) is 10.8 Å². The van der Waals surface area contributed by atoms with Crippen molar-refractivity contribution in [2.75, 3.05) is 19.4 Å². The molecule has 0 atom stereocenters. The molecule has 0 unspecified atom stereocenters. The predicted octanol–water partition coefficient (Wildman–Crippen LogP) is 2.81. The van der Waals surface area contributed by atoms with Crippen LogP contribution >= 0.6 is 0 Å². The van der Waals surface area contributed by atoms with Gasteiger partial charge in [0.2, 0.25) is 10.0 Å². The van der Waals surface area contributed by atoms with Crippen molar-refractivity contribution in [3.8, 4) is 0 Å². The van der Waals surface area contributed by atoms with Gasteiger partial charge in [0.05, 0.1) is 4.90 Å². The molecule has 0 spiro atoms. The highest BCUT2D eigenvalue weighted by atomic mass is 32.2. The van der Waals surface area contributed by atoms with Crippen LogP contribution in [0.25, 0.3) is 0 Å². The molecule has 6 heteroatoms. The molecule has 1 N–H and O–H groups in total. The third-order valence-corrected chi connectivity index (χ3v) is 5.20. The van der Waals surface area contributed by atoms with E-state index in [1.807, 2.05) is 32.0 Å². The van der Waals surface area contributed by atoms with Gasteiger partial charge in [-0.25, -0.2) is 12.7 Å². The van der Waals surface area contributed by atoms with Crippen LogP contribution in [0.5, 0.6) is 0 Å². The molecule has 0 saturated carbocycles. The number of rotatable bonds is 4.